The summed E-state index contributed by atoms with van der Waals surface area (Å²) in [5.74, 6) is -0.0849. The lowest BCUT2D eigenvalue weighted by molar-refractivity contribution is -0.141. The summed E-state index contributed by atoms with van der Waals surface area (Å²) in [6, 6.07) is 7.27. The summed E-state index contributed by atoms with van der Waals surface area (Å²) in [6.07, 6.45) is 3.64. The van der Waals surface area contributed by atoms with Crippen molar-refractivity contribution in [3.63, 3.8) is 0 Å². The Labute approximate surface area is 163 Å². The fourth-order valence-electron chi connectivity index (χ4n) is 3.60. The van der Waals surface area contributed by atoms with Gasteiger partial charge < -0.3 is 20.7 Å². The maximum Gasteiger partial charge on any atom is 0.255 e. The van der Waals surface area contributed by atoms with E-state index in [1.54, 1.807) is 17.2 Å². The zero-order valence-corrected chi connectivity index (χ0v) is 15.6. The number of fused-ring (bicyclic) bond motifs is 1. The molecule has 8 nitrogen and oxygen atoms in total. The van der Waals surface area contributed by atoms with E-state index >= 15 is 0 Å². The monoisotopic (exact) mass is 381 g/mol. The van der Waals surface area contributed by atoms with Gasteiger partial charge in [0.2, 0.25) is 0 Å². The molecule has 0 aliphatic carbocycles. The number of carbonyl (C=O) groups is 2. The highest BCUT2D eigenvalue weighted by Crippen LogP contribution is 2.24. The number of rotatable bonds is 4. The molecule has 28 heavy (non-hydrogen) atoms. The highest BCUT2D eigenvalue weighted by molar-refractivity contribution is 5.98. The molecule has 0 radical (unpaired) electrons. The molecule has 0 aromatic carbocycles. The molecule has 8 heteroatoms. The van der Waals surface area contributed by atoms with Crippen LogP contribution < -0.4 is 11.1 Å². The second kappa shape index (κ2) is 7.93. The lowest BCUT2D eigenvalue weighted by Crippen LogP contribution is -2.42. The second-order valence-corrected chi connectivity index (χ2v) is 7.04. The highest BCUT2D eigenvalue weighted by atomic mass is 16.5. The number of anilines is 1. The number of nitrogens with zero attached hydrogens (tertiary/aromatic N) is 3. The largest absolute Gasteiger partial charge is 0.383 e. The van der Waals surface area contributed by atoms with E-state index in [-0.39, 0.29) is 23.7 Å². The number of pyridine rings is 2. The van der Waals surface area contributed by atoms with Gasteiger partial charge in [-0.3, -0.25) is 14.6 Å². The average molecular weight is 381 g/mol. The predicted octanol–water partition coefficient (Wildman–Crippen LogP) is 1.05. The molecule has 2 amide bonds. The molecule has 4 heterocycles. The number of hydrogen-bond acceptors (Lipinski definition) is 6. The second-order valence-electron chi connectivity index (χ2n) is 7.04. The first-order chi connectivity index (χ1) is 13.6. The van der Waals surface area contributed by atoms with Crippen molar-refractivity contribution in [1.82, 2.24) is 20.2 Å². The topological polar surface area (TPSA) is 110 Å². The minimum atomic E-state index is -0.343. The van der Waals surface area contributed by atoms with Gasteiger partial charge in [0, 0.05) is 38.0 Å². The lowest BCUT2D eigenvalue weighted by atomic mass is 10.0. The Hall–Kier alpha value is -3.00. The summed E-state index contributed by atoms with van der Waals surface area (Å²) in [5.41, 5.74) is 8.80. The fraction of sp³-hybridized carbons (Fsp3) is 0.400. The Bertz CT molecular complexity index is 881. The van der Waals surface area contributed by atoms with Gasteiger partial charge in [0.05, 0.1) is 17.8 Å². The summed E-state index contributed by atoms with van der Waals surface area (Å²) >= 11 is 0. The lowest BCUT2D eigenvalue weighted by Gasteiger charge is -2.30. The zero-order chi connectivity index (χ0) is 19.5. The third-order valence-corrected chi connectivity index (χ3v) is 5.12. The van der Waals surface area contributed by atoms with Crippen LogP contribution in [0.3, 0.4) is 0 Å². The molecule has 0 saturated carbocycles. The molecule has 146 valence electrons. The van der Waals surface area contributed by atoms with E-state index in [0.717, 1.165) is 29.8 Å². The van der Waals surface area contributed by atoms with Gasteiger partial charge in [-0.25, -0.2) is 4.98 Å². The van der Waals surface area contributed by atoms with Crippen LogP contribution in [0.4, 0.5) is 5.82 Å². The Morgan fingerprint density at radius 2 is 2.25 bits per heavy atom. The van der Waals surface area contributed by atoms with Gasteiger partial charge in [-0.1, -0.05) is 6.07 Å². The van der Waals surface area contributed by atoms with Gasteiger partial charge in [-0.15, -0.1) is 0 Å². The van der Waals surface area contributed by atoms with E-state index in [4.69, 9.17) is 10.5 Å². The van der Waals surface area contributed by atoms with Crippen LogP contribution in [0.2, 0.25) is 0 Å². The number of hydrogen-bond donors (Lipinski definition) is 2. The number of amides is 2. The standard InChI is InChI=1S/C20H23N5O3/c21-18-15(19(26)23-11-14-4-1-2-7-22-14)10-13-12-25(8-6-16(13)24-18)20(27)17-5-3-9-28-17/h1-2,4,7,10,17H,3,5-6,8-9,11-12H2,(H2,21,24)(H,23,26)/t17-/m1/s1. The van der Waals surface area contributed by atoms with Crippen LogP contribution in [0.25, 0.3) is 0 Å². The van der Waals surface area contributed by atoms with Gasteiger partial charge in [-0.05, 0) is 36.6 Å². The quantitative estimate of drug-likeness (QED) is 0.819. The Balaban J connectivity index is 1.47. The van der Waals surface area contributed by atoms with Crippen LogP contribution in [-0.2, 0) is 29.0 Å². The van der Waals surface area contributed by atoms with Crippen LogP contribution in [0.5, 0.6) is 0 Å². The number of ether oxygens (including phenoxy) is 1. The highest BCUT2D eigenvalue weighted by Gasteiger charge is 2.31. The molecule has 2 aliphatic heterocycles. The Kier molecular flexibility index (Phi) is 5.21. The smallest absolute Gasteiger partial charge is 0.255 e. The molecule has 3 N–H and O–H groups in total. The van der Waals surface area contributed by atoms with Crippen LogP contribution in [-0.4, -0.2) is 45.9 Å². The molecular formula is C20H23N5O3. The van der Waals surface area contributed by atoms with Crippen molar-refractivity contribution in [2.24, 2.45) is 0 Å². The Morgan fingerprint density at radius 1 is 1.36 bits per heavy atom. The molecule has 1 saturated heterocycles. The van der Waals surface area contributed by atoms with Crippen LogP contribution >= 0.6 is 0 Å². The fourth-order valence-corrected chi connectivity index (χ4v) is 3.60. The zero-order valence-electron chi connectivity index (χ0n) is 15.6. The molecular weight excluding hydrogens is 358 g/mol. The van der Waals surface area contributed by atoms with Gasteiger partial charge >= 0.3 is 0 Å². The number of nitrogens with two attached hydrogens (primary N) is 1. The SMILES string of the molecule is Nc1nc2c(cc1C(=O)NCc1ccccn1)CN(C(=O)[C@H]1CCCO1)CC2. The van der Waals surface area contributed by atoms with Crippen molar-refractivity contribution in [1.29, 1.82) is 0 Å². The van der Waals surface area contributed by atoms with Crippen molar-refractivity contribution in [3.8, 4) is 0 Å². The molecule has 1 fully saturated rings. The summed E-state index contributed by atoms with van der Waals surface area (Å²) in [6.45, 7) is 1.95. The predicted molar refractivity (Wildman–Crippen MR) is 102 cm³/mol. The van der Waals surface area contributed by atoms with Crippen molar-refractivity contribution in [2.45, 2.75) is 38.5 Å². The molecule has 1 atom stereocenters. The van der Waals surface area contributed by atoms with Gasteiger partial charge in [0.1, 0.15) is 11.9 Å². The average Bonchev–Trinajstić information content (AvgIpc) is 3.26. The van der Waals surface area contributed by atoms with Crippen molar-refractivity contribution in [2.75, 3.05) is 18.9 Å². The van der Waals surface area contributed by atoms with Crippen molar-refractivity contribution >= 4 is 17.6 Å². The molecule has 2 aromatic heterocycles. The minimum absolute atomic E-state index is 0.0149. The maximum atomic E-state index is 12.6. The number of aromatic nitrogens is 2. The van der Waals surface area contributed by atoms with E-state index in [2.05, 4.69) is 15.3 Å². The van der Waals surface area contributed by atoms with E-state index in [9.17, 15) is 9.59 Å². The molecule has 0 bridgehead atoms. The minimum Gasteiger partial charge on any atom is -0.383 e. The molecule has 2 aromatic rings. The van der Waals surface area contributed by atoms with Crippen LogP contribution in [0.1, 0.15) is 40.2 Å². The van der Waals surface area contributed by atoms with Gasteiger partial charge in [-0.2, -0.15) is 0 Å². The number of nitrogens with one attached hydrogen (secondary N) is 1. The first-order valence-corrected chi connectivity index (χ1v) is 9.48. The third kappa shape index (κ3) is 3.82. The summed E-state index contributed by atoms with van der Waals surface area (Å²) in [4.78, 5) is 35.6. The number of carbonyl (C=O) groups excluding carboxylic acids is 2. The van der Waals surface area contributed by atoms with E-state index in [1.165, 1.54) is 0 Å². The third-order valence-electron chi connectivity index (χ3n) is 5.12. The molecule has 4 rings (SSSR count). The van der Waals surface area contributed by atoms with Gasteiger partial charge in [0.15, 0.2) is 0 Å². The van der Waals surface area contributed by atoms with E-state index in [0.29, 0.717) is 38.2 Å². The first-order valence-electron chi connectivity index (χ1n) is 9.48. The summed E-state index contributed by atoms with van der Waals surface area (Å²) in [7, 11) is 0. The molecule has 0 unspecified atom stereocenters. The summed E-state index contributed by atoms with van der Waals surface area (Å²) < 4.78 is 5.51. The Morgan fingerprint density at radius 3 is 3.00 bits per heavy atom. The summed E-state index contributed by atoms with van der Waals surface area (Å²) in [5, 5.41) is 2.82. The normalized spacial score (nSPS) is 18.6. The maximum absolute atomic E-state index is 12.6. The first kappa shape index (κ1) is 18.4. The van der Waals surface area contributed by atoms with Crippen LogP contribution in [0, 0.1) is 0 Å². The van der Waals surface area contributed by atoms with Crippen LogP contribution in [0.15, 0.2) is 30.5 Å². The van der Waals surface area contributed by atoms with Crippen molar-refractivity contribution in [3.05, 3.63) is 53.0 Å². The van der Waals surface area contributed by atoms with Gasteiger partial charge in [0.25, 0.3) is 11.8 Å². The number of nitrogen functional groups attached to an aromatic ring is 1. The molecule has 2 aliphatic rings. The van der Waals surface area contributed by atoms with Crippen molar-refractivity contribution < 1.29 is 14.3 Å². The molecule has 0 spiro atoms. The van der Waals surface area contributed by atoms with E-state index < -0.39 is 0 Å². The van der Waals surface area contributed by atoms with E-state index in [1.807, 2.05) is 18.2 Å².